The molecule has 4 heteroatoms. The molecule has 90 valence electrons. The third kappa shape index (κ3) is 4.33. The first-order valence-electron chi connectivity index (χ1n) is 5.37. The molecule has 0 aliphatic rings. The van der Waals surface area contributed by atoms with Crippen molar-refractivity contribution in [1.29, 1.82) is 0 Å². The third-order valence-electron chi connectivity index (χ3n) is 2.36. The molecule has 1 aromatic carbocycles. The van der Waals surface area contributed by atoms with Crippen LogP contribution in [0.5, 0.6) is 0 Å². The van der Waals surface area contributed by atoms with Crippen molar-refractivity contribution < 1.29 is 13.5 Å². The molecule has 1 unspecified atom stereocenters. The number of sulfone groups is 1. The molecule has 0 aliphatic carbocycles. The minimum atomic E-state index is -3.14. The van der Waals surface area contributed by atoms with Crippen molar-refractivity contribution in [3.8, 4) is 0 Å². The van der Waals surface area contributed by atoms with Gasteiger partial charge < -0.3 is 5.11 Å². The molecule has 0 amide bonds. The summed E-state index contributed by atoms with van der Waals surface area (Å²) in [4.78, 5) is 0. The van der Waals surface area contributed by atoms with Gasteiger partial charge in [-0.15, -0.1) is 0 Å². The molecule has 1 N–H and O–H groups in total. The van der Waals surface area contributed by atoms with Crippen molar-refractivity contribution >= 4 is 9.84 Å². The average Bonchev–Trinajstić information content (AvgIpc) is 2.16. The second-order valence-electron chi connectivity index (χ2n) is 4.10. The van der Waals surface area contributed by atoms with Crippen molar-refractivity contribution in [2.45, 2.75) is 25.9 Å². The van der Waals surface area contributed by atoms with Crippen molar-refractivity contribution in [2.75, 3.05) is 12.0 Å². The summed E-state index contributed by atoms with van der Waals surface area (Å²) in [6.07, 6.45) is 2.28. The number of aryl methyl sites for hydroxylation is 1. The van der Waals surface area contributed by atoms with E-state index in [2.05, 4.69) is 6.92 Å². The van der Waals surface area contributed by atoms with E-state index in [9.17, 15) is 13.5 Å². The Morgan fingerprint density at radius 2 is 1.81 bits per heavy atom. The van der Waals surface area contributed by atoms with Gasteiger partial charge in [0.05, 0.1) is 11.9 Å². The maximum Gasteiger partial charge on any atom is 0.150 e. The first kappa shape index (κ1) is 13.2. The van der Waals surface area contributed by atoms with Crippen molar-refractivity contribution in [3.05, 3.63) is 35.4 Å². The molecule has 0 aromatic heterocycles. The van der Waals surface area contributed by atoms with E-state index < -0.39 is 15.9 Å². The number of rotatable bonds is 5. The Morgan fingerprint density at radius 3 is 2.25 bits per heavy atom. The molecule has 0 bridgehead atoms. The zero-order valence-corrected chi connectivity index (χ0v) is 10.5. The summed E-state index contributed by atoms with van der Waals surface area (Å²) in [6, 6.07) is 7.45. The summed E-state index contributed by atoms with van der Waals surface area (Å²) < 4.78 is 22.0. The van der Waals surface area contributed by atoms with Gasteiger partial charge in [0.1, 0.15) is 9.84 Å². The van der Waals surface area contributed by atoms with Crippen molar-refractivity contribution in [1.82, 2.24) is 0 Å². The molecule has 3 nitrogen and oxygen atoms in total. The van der Waals surface area contributed by atoms with Crippen LogP contribution in [0.1, 0.15) is 30.6 Å². The number of benzene rings is 1. The first-order chi connectivity index (χ1) is 7.42. The van der Waals surface area contributed by atoms with Gasteiger partial charge in [-0.25, -0.2) is 8.42 Å². The standard InChI is InChI=1S/C12H18O3S/c1-3-4-10-5-7-11(8-6-10)12(13)9-16(2,14)15/h5-8,12-13H,3-4,9H2,1-2H3. The van der Waals surface area contributed by atoms with Gasteiger partial charge >= 0.3 is 0 Å². The second kappa shape index (κ2) is 5.46. The fourth-order valence-corrected chi connectivity index (χ4v) is 2.34. The SMILES string of the molecule is CCCc1ccc(C(O)CS(C)(=O)=O)cc1. The average molecular weight is 242 g/mol. The van der Waals surface area contributed by atoms with Crippen molar-refractivity contribution in [3.63, 3.8) is 0 Å². The quantitative estimate of drug-likeness (QED) is 0.855. The van der Waals surface area contributed by atoms with Crippen LogP contribution < -0.4 is 0 Å². The van der Waals surface area contributed by atoms with Gasteiger partial charge in [0.15, 0.2) is 0 Å². The predicted molar refractivity (Wildman–Crippen MR) is 65.1 cm³/mol. The number of hydrogen-bond acceptors (Lipinski definition) is 3. The number of hydrogen-bond donors (Lipinski definition) is 1. The number of aliphatic hydroxyl groups excluding tert-OH is 1. The van der Waals surface area contributed by atoms with E-state index in [1.165, 1.54) is 5.56 Å². The van der Waals surface area contributed by atoms with Gasteiger partial charge in [0.2, 0.25) is 0 Å². The largest absolute Gasteiger partial charge is 0.387 e. The molecule has 1 rings (SSSR count). The molecule has 0 saturated heterocycles. The molecular formula is C12H18O3S. The highest BCUT2D eigenvalue weighted by molar-refractivity contribution is 7.90. The summed E-state index contributed by atoms with van der Waals surface area (Å²) in [7, 11) is -3.14. The fraction of sp³-hybridized carbons (Fsp3) is 0.500. The maximum absolute atomic E-state index is 11.0. The summed E-state index contributed by atoms with van der Waals surface area (Å²) >= 11 is 0. The van der Waals surface area contributed by atoms with Gasteiger partial charge in [0, 0.05) is 6.26 Å². The van der Waals surface area contributed by atoms with E-state index in [1.807, 2.05) is 12.1 Å². The van der Waals surface area contributed by atoms with Crippen LogP contribution in [-0.2, 0) is 16.3 Å². The highest BCUT2D eigenvalue weighted by Gasteiger charge is 2.13. The van der Waals surface area contributed by atoms with E-state index in [1.54, 1.807) is 12.1 Å². The zero-order valence-electron chi connectivity index (χ0n) is 9.68. The Hall–Kier alpha value is -0.870. The molecule has 1 atom stereocenters. The highest BCUT2D eigenvalue weighted by Crippen LogP contribution is 2.16. The molecule has 0 saturated carbocycles. The van der Waals surface area contributed by atoms with Crippen LogP contribution in [-0.4, -0.2) is 25.5 Å². The molecule has 16 heavy (non-hydrogen) atoms. The van der Waals surface area contributed by atoms with Gasteiger partial charge in [-0.2, -0.15) is 0 Å². The van der Waals surface area contributed by atoms with Crippen LogP contribution in [0.25, 0.3) is 0 Å². The lowest BCUT2D eigenvalue weighted by Gasteiger charge is -2.10. The van der Waals surface area contributed by atoms with Crippen LogP contribution in [0.2, 0.25) is 0 Å². The second-order valence-corrected chi connectivity index (χ2v) is 6.28. The smallest absolute Gasteiger partial charge is 0.150 e. The van der Waals surface area contributed by atoms with E-state index in [0.29, 0.717) is 5.56 Å². The summed E-state index contributed by atoms with van der Waals surface area (Å²) in [5.41, 5.74) is 1.86. The highest BCUT2D eigenvalue weighted by atomic mass is 32.2. The van der Waals surface area contributed by atoms with Crippen LogP contribution in [0.3, 0.4) is 0 Å². The monoisotopic (exact) mass is 242 g/mol. The topological polar surface area (TPSA) is 54.4 Å². The first-order valence-corrected chi connectivity index (χ1v) is 7.43. The molecule has 0 spiro atoms. The van der Waals surface area contributed by atoms with Gasteiger partial charge in [-0.1, -0.05) is 37.6 Å². The summed E-state index contributed by atoms with van der Waals surface area (Å²) in [5.74, 6) is -0.222. The lowest BCUT2D eigenvalue weighted by Crippen LogP contribution is -2.12. The van der Waals surface area contributed by atoms with Crippen molar-refractivity contribution in [2.24, 2.45) is 0 Å². The predicted octanol–water partition coefficient (Wildman–Crippen LogP) is 1.72. The van der Waals surface area contributed by atoms with E-state index in [4.69, 9.17) is 0 Å². The van der Waals surface area contributed by atoms with Crippen LogP contribution in [0.15, 0.2) is 24.3 Å². The Kier molecular flexibility index (Phi) is 4.50. The van der Waals surface area contributed by atoms with Crippen LogP contribution >= 0.6 is 0 Å². The maximum atomic E-state index is 11.0. The fourth-order valence-electron chi connectivity index (χ4n) is 1.58. The zero-order chi connectivity index (χ0) is 12.2. The Bertz CT molecular complexity index is 420. The Balaban J connectivity index is 2.74. The summed E-state index contributed by atoms with van der Waals surface area (Å²) in [5, 5.41) is 9.70. The minimum Gasteiger partial charge on any atom is -0.387 e. The third-order valence-corrected chi connectivity index (χ3v) is 3.29. The van der Waals surface area contributed by atoms with Crippen LogP contribution in [0.4, 0.5) is 0 Å². The van der Waals surface area contributed by atoms with E-state index in [-0.39, 0.29) is 5.75 Å². The molecule has 0 fully saturated rings. The normalized spacial score (nSPS) is 13.7. The molecule has 1 aromatic rings. The Labute approximate surface area is 97.0 Å². The number of aliphatic hydroxyl groups is 1. The molecule has 0 radical (unpaired) electrons. The molecule has 0 heterocycles. The summed E-state index contributed by atoms with van der Waals surface area (Å²) in [6.45, 7) is 2.10. The van der Waals surface area contributed by atoms with Crippen LogP contribution in [0, 0.1) is 0 Å². The molecular weight excluding hydrogens is 224 g/mol. The lowest BCUT2D eigenvalue weighted by atomic mass is 10.1. The van der Waals surface area contributed by atoms with Gasteiger partial charge in [0.25, 0.3) is 0 Å². The lowest BCUT2D eigenvalue weighted by molar-refractivity contribution is 0.202. The van der Waals surface area contributed by atoms with Gasteiger partial charge in [-0.05, 0) is 17.5 Å². The van der Waals surface area contributed by atoms with E-state index >= 15 is 0 Å². The minimum absolute atomic E-state index is 0.222. The van der Waals surface area contributed by atoms with Gasteiger partial charge in [-0.3, -0.25) is 0 Å². The Morgan fingerprint density at radius 1 is 1.25 bits per heavy atom. The molecule has 0 aliphatic heterocycles. The van der Waals surface area contributed by atoms with E-state index in [0.717, 1.165) is 19.1 Å².